The highest BCUT2D eigenvalue weighted by Crippen LogP contribution is 2.28. The second-order valence-corrected chi connectivity index (χ2v) is 5.73. The first kappa shape index (κ1) is 16.4. The largest absolute Gasteiger partial charge is 0.495 e. The molecule has 0 aliphatic heterocycles. The summed E-state index contributed by atoms with van der Waals surface area (Å²) < 4.78 is 10.7. The van der Waals surface area contributed by atoms with E-state index in [0.29, 0.717) is 21.8 Å². The molecule has 3 aromatic rings. The van der Waals surface area contributed by atoms with Crippen LogP contribution in [0, 0.1) is 0 Å². The molecule has 5 nitrogen and oxygen atoms in total. The summed E-state index contributed by atoms with van der Waals surface area (Å²) >= 11 is 11.9. The third-order valence-corrected chi connectivity index (χ3v) is 3.87. The number of nitrogens with one attached hydrogen (secondary N) is 1. The number of hydrogen-bond donors (Lipinski definition) is 1. The van der Waals surface area contributed by atoms with Crippen LogP contribution >= 0.6 is 23.2 Å². The lowest BCUT2D eigenvalue weighted by atomic mass is 10.2. The van der Waals surface area contributed by atoms with Crippen LogP contribution in [-0.2, 0) is 0 Å². The van der Waals surface area contributed by atoms with Crippen LogP contribution in [-0.4, -0.2) is 13.0 Å². The van der Waals surface area contributed by atoms with Gasteiger partial charge in [-0.1, -0.05) is 29.3 Å². The second kappa shape index (κ2) is 6.55. The van der Waals surface area contributed by atoms with Crippen molar-refractivity contribution in [3.63, 3.8) is 0 Å². The Labute approximate surface area is 146 Å². The molecule has 1 N–H and O–H groups in total. The molecule has 122 valence electrons. The predicted molar refractivity (Wildman–Crippen MR) is 93.5 cm³/mol. The molecule has 0 bridgehead atoms. The molecule has 3 rings (SSSR count). The van der Waals surface area contributed by atoms with E-state index in [0.717, 1.165) is 6.07 Å². The van der Waals surface area contributed by atoms with Crippen LogP contribution < -0.4 is 15.5 Å². The number of halogens is 2. The molecule has 1 heterocycles. The average molecular weight is 364 g/mol. The number of rotatable bonds is 3. The van der Waals surface area contributed by atoms with E-state index in [1.807, 2.05) is 0 Å². The molecule has 0 radical (unpaired) electrons. The lowest BCUT2D eigenvalue weighted by Crippen LogP contribution is -2.15. The molecule has 0 saturated heterocycles. The van der Waals surface area contributed by atoms with Crippen molar-refractivity contribution in [3.05, 3.63) is 68.5 Å². The van der Waals surface area contributed by atoms with Gasteiger partial charge in [0.05, 0.1) is 23.2 Å². The van der Waals surface area contributed by atoms with Gasteiger partial charge in [-0.3, -0.25) is 9.59 Å². The minimum Gasteiger partial charge on any atom is -0.495 e. The maximum absolute atomic E-state index is 12.4. The van der Waals surface area contributed by atoms with E-state index in [4.69, 9.17) is 32.4 Å². The first-order valence-corrected chi connectivity index (χ1v) is 7.62. The van der Waals surface area contributed by atoms with Gasteiger partial charge >= 0.3 is 0 Å². The fraction of sp³-hybridized carbons (Fsp3) is 0.0588. The van der Waals surface area contributed by atoms with Crippen molar-refractivity contribution in [1.29, 1.82) is 0 Å². The molecule has 0 unspecified atom stereocenters. The molecular formula is C17H11Cl2NO4. The Kier molecular flexibility index (Phi) is 4.46. The molecular weight excluding hydrogens is 353 g/mol. The van der Waals surface area contributed by atoms with Gasteiger partial charge in [0.15, 0.2) is 16.8 Å². The average Bonchev–Trinajstić information content (AvgIpc) is 2.57. The van der Waals surface area contributed by atoms with Gasteiger partial charge in [0, 0.05) is 17.2 Å². The van der Waals surface area contributed by atoms with Crippen LogP contribution in [0.2, 0.25) is 10.0 Å². The van der Waals surface area contributed by atoms with E-state index in [-0.39, 0.29) is 21.8 Å². The molecule has 0 spiro atoms. The summed E-state index contributed by atoms with van der Waals surface area (Å²) in [5, 5.41) is 3.65. The maximum Gasteiger partial charge on any atom is 0.291 e. The number of carbonyl (C=O) groups is 1. The van der Waals surface area contributed by atoms with Crippen LogP contribution in [0.25, 0.3) is 11.0 Å². The van der Waals surface area contributed by atoms with E-state index in [1.165, 1.54) is 7.11 Å². The first-order chi connectivity index (χ1) is 11.5. The van der Waals surface area contributed by atoms with Crippen molar-refractivity contribution < 1.29 is 13.9 Å². The molecule has 0 aliphatic rings. The molecule has 0 fully saturated rings. The van der Waals surface area contributed by atoms with E-state index >= 15 is 0 Å². The summed E-state index contributed by atoms with van der Waals surface area (Å²) in [7, 11) is 1.46. The van der Waals surface area contributed by atoms with Crippen molar-refractivity contribution in [2.45, 2.75) is 0 Å². The van der Waals surface area contributed by atoms with Crippen molar-refractivity contribution in [3.8, 4) is 5.75 Å². The zero-order valence-corrected chi connectivity index (χ0v) is 13.9. The van der Waals surface area contributed by atoms with Gasteiger partial charge in [0.25, 0.3) is 5.91 Å². The van der Waals surface area contributed by atoms with Gasteiger partial charge in [-0.2, -0.15) is 0 Å². The molecule has 2 aromatic carbocycles. The van der Waals surface area contributed by atoms with E-state index in [1.54, 1.807) is 36.4 Å². The highest BCUT2D eigenvalue weighted by molar-refractivity contribution is 6.34. The Morgan fingerprint density at radius 2 is 1.96 bits per heavy atom. The summed E-state index contributed by atoms with van der Waals surface area (Å²) in [5.74, 6) is -0.371. The topological polar surface area (TPSA) is 68.5 Å². The van der Waals surface area contributed by atoms with Gasteiger partial charge in [0.2, 0.25) is 0 Å². The smallest absolute Gasteiger partial charge is 0.291 e. The van der Waals surface area contributed by atoms with Gasteiger partial charge in [0.1, 0.15) is 5.75 Å². The Bertz CT molecular complexity index is 998. The quantitative estimate of drug-likeness (QED) is 0.750. The SMILES string of the molecule is COc1cc(Cl)ccc1NC(=O)c1cc(=O)c2cccc(Cl)c2o1. The Morgan fingerprint density at radius 1 is 1.17 bits per heavy atom. The number of ether oxygens (including phenoxy) is 1. The Balaban J connectivity index is 2.01. The lowest BCUT2D eigenvalue weighted by molar-refractivity contribution is 0.0997. The highest BCUT2D eigenvalue weighted by Gasteiger charge is 2.16. The third kappa shape index (κ3) is 3.09. The summed E-state index contributed by atoms with van der Waals surface area (Å²) in [6, 6.07) is 10.7. The number of hydrogen-bond acceptors (Lipinski definition) is 4. The van der Waals surface area contributed by atoms with E-state index < -0.39 is 5.91 Å². The van der Waals surface area contributed by atoms with Crippen molar-refractivity contribution in [2.24, 2.45) is 0 Å². The number of carbonyl (C=O) groups excluding carboxylic acids is 1. The fourth-order valence-electron chi connectivity index (χ4n) is 2.21. The summed E-state index contributed by atoms with van der Waals surface area (Å²) in [6.07, 6.45) is 0. The summed E-state index contributed by atoms with van der Waals surface area (Å²) in [4.78, 5) is 24.5. The van der Waals surface area contributed by atoms with Crippen LogP contribution in [0.3, 0.4) is 0 Å². The molecule has 0 aliphatic carbocycles. The van der Waals surface area contributed by atoms with Gasteiger partial charge in [-0.15, -0.1) is 0 Å². The van der Waals surface area contributed by atoms with Gasteiger partial charge < -0.3 is 14.5 Å². The number of fused-ring (bicyclic) bond motifs is 1. The number of methoxy groups -OCH3 is 1. The molecule has 7 heteroatoms. The summed E-state index contributed by atoms with van der Waals surface area (Å²) in [6.45, 7) is 0. The van der Waals surface area contributed by atoms with E-state index in [9.17, 15) is 9.59 Å². The fourth-order valence-corrected chi connectivity index (χ4v) is 2.58. The Hall–Kier alpha value is -2.50. The van der Waals surface area contributed by atoms with Crippen LogP contribution in [0.1, 0.15) is 10.6 Å². The third-order valence-electron chi connectivity index (χ3n) is 3.34. The molecule has 24 heavy (non-hydrogen) atoms. The zero-order chi connectivity index (χ0) is 17.3. The van der Waals surface area contributed by atoms with Crippen molar-refractivity contribution in [2.75, 3.05) is 12.4 Å². The monoisotopic (exact) mass is 363 g/mol. The normalized spacial score (nSPS) is 10.6. The minimum atomic E-state index is -0.602. The number of benzene rings is 2. The lowest BCUT2D eigenvalue weighted by Gasteiger charge is -2.10. The molecule has 1 amide bonds. The first-order valence-electron chi connectivity index (χ1n) is 6.87. The molecule has 0 atom stereocenters. The highest BCUT2D eigenvalue weighted by atomic mass is 35.5. The van der Waals surface area contributed by atoms with Crippen molar-refractivity contribution in [1.82, 2.24) is 0 Å². The van der Waals surface area contributed by atoms with Crippen molar-refractivity contribution >= 4 is 45.8 Å². The van der Waals surface area contributed by atoms with Crippen LogP contribution in [0.5, 0.6) is 5.75 Å². The number of amides is 1. The maximum atomic E-state index is 12.4. The molecule has 0 saturated carbocycles. The van der Waals surface area contributed by atoms with E-state index in [2.05, 4.69) is 5.32 Å². The van der Waals surface area contributed by atoms with Crippen LogP contribution in [0.15, 0.2) is 51.7 Å². The van der Waals surface area contributed by atoms with Gasteiger partial charge in [-0.25, -0.2) is 0 Å². The number of para-hydroxylation sites is 1. The zero-order valence-electron chi connectivity index (χ0n) is 12.4. The second-order valence-electron chi connectivity index (χ2n) is 4.89. The standard InChI is InChI=1S/C17H11Cl2NO4/c1-23-14-7-9(18)5-6-12(14)20-17(22)15-8-13(21)10-3-2-4-11(19)16(10)24-15/h2-8H,1H3,(H,20,22). The minimum absolute atomic E-state index is 0.155. The Morgan fingerprint density at radius 3 is 2.71 bits per heavy atom. The predicted octanol–water partition coefficient (Wildman–Crippen LogP) is 4.36. The van der Waals surface area contributed by atoms with Gasteiger partial charge in [-0.05, 0) is 24.3 Å². The molecule has 1 aromatic heterocycles. The van der Waals surface area contributed by atoms with Crippen LogP contribution in [0.4, 0.5) is 5.69 Å². The number of anilines is 1. The summed E-state index contributed by atoms with van der Waals surface area (Å²) in [5.41, 5.74) is 0.209.